The second-order valence-corrected chi connectivity index (χ2v) is 6.10. The van der Waals surface area contributed by atoms with E-state index in [0.717, 1.165) is 64.7 Å². The Labute approximate surface area is 124 Å². The first-order valence-corrected chi connectivity index (χ1v) is 8.30. The lowest BCUT2D eigenvalue weighted by Gasteiger charge is -2.35. The molecular weight excluding hydrogens is 252 g/mol. The molecule has 0 saturated carbocycles. The van der Waals surface area contributed by atoms with E-state index in [9.17, 15) is 5.11 Å². The van der Waals surface area contributed by atoms with Gasteiger partial charge in [0.2, 0.25) is 0 Å². The van der Waals surface area contributed by atoms with Gasteiger partial charge in [-0.2, -0.15) is 0 Å². The fourth-order valence-corrected chi connectivity index (χ4v) is 3.04. The standard InChI is InChI=1S/C16H34N2O2/c1-4-10-17-16(5-2,14-19)9-6-11-18-12-7-15(20-3)8-13-18/h15,17,19H,4-14H2,1-3H3. The summed E-state index contributed by atoms with van der Waals surface area (Å²) in [4.78, 5) is 2.53. The Morgan fingerprint density at radius 3 is 2.50 bits per heavy atom. The van der Waals surface area contributed by atoms with Crippen molar-refractivity contribution in [3.05, 3.63) is 0 Å². The number of rotatable bonds is 10. The third kappa shape index (κ3) is 5.68. The van der Waals surface area contributed by atoms with Crippen LogP contribution in [0.5, 0.6) is 0 Å². The summed E-state index contributed by atoms with van der Waals surface area (Å²) in [6, 6.07) is 0. The summed E-state index contributed by atoms with van der Waals surface area (Å²) in [5, 5.41) is 13.3. The average Bonchev–Trinajstić information content (AvgIpc) is 2.51. The Morgan fingerprint density at radius 2 is 2.00 bits per heavy atom. The molecule has 20 heavy (non-hydrogen) atoms. The van der Waals surface area contributed by atoms with Crippen LogP contribution < -0.4 is 5.32 Å². The molecule has 1 unspecified atom stereocenters. The largest absolute Gasteiger partial charge is 0.394 e. The van der Waals surface area contributed by atoms with Gasteiger partial charge in [-0.25, -0.2) is 0 Å². The minimum atomic E-state index is -0.0686. The number of ether oxygens (including phenoxy) is 1. The predicted molar refractivity (Wildman–Crippen MR) is 84.1 cm³/mol. The molecule has 1 rings (SSSR count). The quantitative estimate of drug-likeness (QED) is 0.645. The molecule has 120 valence electrons. The second kappa shape index (κ2) is 9.72. The average molecular weight is 286 g/mol. The van der Waals surface area contributed by atoms with Crippen LogP contribution in [0.15, 0.2) is 0 Å². The summed E-state index contributed by atoms with van der Waals surface area (Å²) >= 11 is 0. The number of nitrogens with one attached hydrogen (secondary N) is 1. The molecule has 2 N–H and O–H groups in total. The number of nitrogens with zero attached hydrogens (tertiary/aromatic N) is 1. The molecule has 1 saturated heterocycles. The molecule has 0 radical (unpaired) electrons. The van der Waals surface area contributed by atoms with Gasteiger partial charge in [0.25, 0.3) is 0 Å². The number of likely N-dealkylation sites (tertiary alicyclic amines) is 1. The van der Waals surface area contributed by atoms with Gasteiger partial charge < -0.3 is 20.1 Å². The Bertz CT molecular complexity index is 237. The molecular formula is C16H34N2O2. The van der Waals surface area contributed by atoms with Crippen molar-refractivity contribution in [3.63, 3.8) is 0 Å². The van der Waals surface area contributed by atoms with Crippen LogP contribution in [0.3, 0.4) is 0 Å². The van der Waals surface area contributed by atoms with Gasteiger partial charge in [0.05, 0.1) is 12.7 Å². The molecule has 4 heteroatoms. The molecule has 0 spiro atoms. The van der Waals surface area contributed by atoms with E-state index < -0.39 is 0 Å². The third-order valence-corrected chi connectivity index (χ3v) is 4.73. The van der Waals surface area contributed by atoms with Gasteiger partial charge in [0, 0.05) is 25.7 Å². The molecule has 0 aromatic heterocycles. The fourth-order valence-electron chi connectivity index (χ4n) is 3.04. The van der Waals surface area contributed by atoms with E-state index in [1.165, 1.54) is 0 Å². The van der Waals surface area contributed by atoms with Crippen molar-refractivity contribution in [2.24, 2.45) is 0 Å². The van der Waals surface area contributed by atoms with Crippen LogP contribution in [0.4, 0.5) is 0 Å². The Balaban J connectivity index is 2.26. The molecule has 1 aliphatic heterocycles. The van der Waals surface area contributed by atoms with E-state index in [2.05, 4.69) is 24.1 Å². The van der Waals surface area contributed by atoms with Crippen LogP contribution in [-0.4, -0.2) is 61.5 Å². The van der Waals surface area contributed by atoms with Gasteiger partial charge in [-0.1, -0.05) is 13.8 Å². The normalized spacial score (nSPS) is 21.0. The molecule has 1 fully saturated rings. The lowest BCUT2D eigenvalue weighted by molar-refractivity contribution is 0.0393. The third-order valence-electron chi connectivity index (χ3n) is 4.73. The summed E-state index contributed by atoms with van der Waals surface area (Å²) in [6.07, 6.45) is 7.10. The maximum Gasteiger partial charge on any atom is 0.0613 e. The fraction of sp³-hybridized carbons (Fsp3) is 1.00. The van der Waals surface area contributed by atoms with E-state index in [-0.39, 0.29) is 12.1 Å². The first kappa shape index (κ1) is 17.9. The number of aliphatic hydroxyl groups is 1. The smallest absolute Gasteiger partial charge is 0.0613 e. The van der Waals surface area contributed by atoms with Gasteiger partial charge in [-0.05, 0) is 51.6 Å². The molecule has 0 amide bonds. The highest BCUT2D eigenvalue weighted by molar-refractivity contribution is 4.86. The van der Waals surface area contributed by atoms with Crippen molar-refractivity contribution in [2.45, 2.75) is 64.0 Å². The van der Waals surface area contributed by atoms with Crippen LogP contribution in [0.1, 0.15) is 52.4 Å². The van der Waals surface area contributed by atoms with E-state index in [4.69, 9.17) is 4.74 Å². The number of aliphatic hydroxyl groups excluding tert-OH is 1. The van der Waals surface area contributed by atoms with Gasteiger partial charge >= 0.3 is 0 Å². The lowest BCUT2D eigenvalue weighted by atomic mass is 9.90. The van der Waals surface area contributed by atoms with Crippen LogP contribution in [-0.2, 0) is 4.74 Å². The number of methoxy groups -OCH3 is 1. The number of hydrogen-bond donors (Lipinski definition) is 2. The molecule has 0 aliphatic carbocycles. The first-order chi connectivity index (χ1) is 9.69. The zero-order valence-electron chi connectivity index (χ0n) is 13.7. The molecule has 1 atom stereocenters. The lowest BCUT2D eigenvalue weighted by Crippen LogP contribution is -2.49. The molecule has 4 nitrogen and oxygen atoms in total. The molecule has 0 aromatic carbocycles. The van der Waals surface area contributed by atoms with E-state index in [0.29, 0.717) is 6.10 Å². The van der Waals surface area contributed by atoms with Crippen molar-refractivity contribution in [1.82, 2.24) is 10.2 Å². The highest BCUT2D eigenvalue weighted by atomic mass is 16.5. The number of piperidine rings is 1. The van der Waals surface area contributed by atoms with Gasteiger partial charge in [-0.3, -0.25) is 0 Å². The maximum absolute atomic E-state index is 9.71. The molecule has 0 aromatic rings. The minimum Gasteiger partial charge on any atom is -0.394 e. The zero-order chi connectivity index (χ0) is 14.8. The van der Waals surface area contributed by atoms with Crippen molar-refractivity contribution < 1.29 is 9.84 Å². The van der Waals surface area contributed by atoms with Gasteiger partial charge in [0.15, 0.2) is 0 Å². The van der Waals surface area contributed by atoms with E-state index in [1.54, 1.807) is 0 Å². The summed E-state index contributed by atoms with van der Waals surface area (Å²) < 4.78 is 5.41. The molecule has 0 bridgehead atoms. The summed E-state index contributed by atoms with van der Waals surface area (Å²) in [6.45, 7) is 9.03. The Hall–Kier alpha value is -0.160. The van der Waals surface area contributed by atoms with Crippen LogP contribution in [0.2, 0.25) is 0 Å². The second-order valence-electron chi connectivity index (χ2n) is 6.10. The first-order valence-electron chi connectivity index (χ1n) is 8.30. The summed E-state index contributed by atoms with van der Waals surface area (Å²) in [5.41, 5.74) is -0.0686. The van der Waals surface area contributed by atoms with Gasteiger partial charge in [0.1, 0.15) is 0 Å². The van der Waals surface area contributed by atoms with E-state index in [1.807, 2.05) is 7.11 Å². The Kier molecular flexibility index (Phi) is 8.69. The summed E-state index contributed by atoms with van der Waals surface area (Å²) in [7, 11) is 1.82. The van der Waals surface area contributed by atoms with Crippen LogP contribution in [0.25, 0.3) is 0 Å². The van der Waals surface area contributed by atoms with Crippen LogP contribution >= 0.6 is 0 Å². The van der Waals surface area contributed by atoms with Crippen LogP contribution in [0, 0.1) is 0 Å². The highest BCUT2D eigenvalue weighted by Crippen LogP contribution is 2.19. The Morgan fingerprint density at radius 1 is 1.30 bits per heavy atom. The predicted octanol–water partition coefficient (Wildman–Crippen LogP) is 2.02. The monoisotopic (exact) mass is 286 g/mol. The molecule has 1 aliphatic rings. The molecule has 1 heterocycles. The van der Waals surface area contributed by atoms with Gasteiger partial charge in [-0.15, -0.1) is 0 Å². The highest BCUT2D eigenvalue weighted by Gasteiger charge is 2.26. The number of hydrogen-bond acceptors (Lipinski definition) is 4. The zero-order valence-corrected chi connectivity index (χ0v) is 13.7. The van der Waals surface area contributed by atoms with Crippen molar-refractivity contribution in [1.29, 1.82) is 0 Å². The minimum absolute atomic E-state index is 0.0686. The van der Waals surface area contributed by atoms with E-state index >= 15 is 0 Å². The maximum atomic E-state index is 9.71. The topological polar surface area (TPSA) is 44.7 Å². The van der Waals surface area contributed by atoms with Crippen molar-refractivity contribution >= 4 is 0 Å². The summed E-state index contributed by atoms with van der Waals surface area (Å²) in [5.74, 6) is 0. The van der Waals surface area contributed by atoms with Crippen molar-refractivity contribution in [2.75, 3.05) is 39.9 Å². The SMILES string of the molecule is CCCNC(CC)(CO)CCCN1CCC(OC)CC1. The van der Waals surface area contributed by atoms with Crippen molar-refractivity contribution in [3.8, 4) is 0 Å².